The summed E-state index contributed by atoms with van der Waals surface area (Å²) in [7, 11) is 0. The number of benzene rings is 2. The Kier molecular flexibility index (Phi) is 4.18. The van der Waals surface area contributed by atoms with Crippen LogP contribution in [0.5, 0.6) is 0 Å². The normalized spacial score (nSPS) is 12.2. The van der Waals surface area contributed by atoms with Crippen LogP contribution in [-0.4, -0.2) is 5.11 Å². The van der Waals surface area contributed by atoms with Crippen molar-refractivity contribution in [3.8, 4) is 11.1 Å². The molecule has 0 radical (unpaired) electrons. The Bertz CT molecular complexity index is 564. The van der Waals surface area contributed by atoms with Gasteiger partial charge in [0.05, 0.1) is 6.10 Å². The molecule has 0 aliphatic carbocycles. The molecule has 1 N–H and O–H groups in total. The first-order valence-corrected chi connectivity index (χ1v) is 6.59. The van der Waals surface area contributed by atoms with Gasteiger partial charge in [-0.3, -0.25) is 0 Å². The highest BCUT2D eigenvalue weighted by Gasteiger charge is 2.09. The molecule has 0 saturated heterocycles. The van der Waals surface area contributed by atoms with Gasteiger partial charge < -0.3 is 5.11 Å². The molecule has 19 heavy (non-hydrogen) atoms. The number of aliphatic hydroxyl groups is 1. The van der Waals surface area contributed by atoms with Crippen LogP contribution in [0.25, 0.3) is 11.1 Å². The van der Waals surface area contributed by atoms with Gasteiger partial charge in [0.25, 0.3) is 0 Å². The maximum atomic E-state index is 10.1. The summed E-state index contributed by atoms with van der Waals surface area (Å²) in [5.41, 5.74) is 5.89. The molecule has 1 atom stereocenters. The third-order valence-corrected chi connectivity index (χ3v) is 3.43. The van der Waals surface area contributed by atoms with E-state index in [0.29, 0.717) is 6.42 Å². The zero-order chi connectivity index (χ0) is 13.8. The quantitative estimate of drug-likeness (QED) is 0.790. The van der Waals surface area contributed by atoms with Crippen molar-refractivity contribution in [3.63, 3.8) is 0 Å². The first-order chi connectivity index (χ1) is 9.13. The summed E-state index contributed by atoms with van der Waals surface area (Å²) in [5.74, 6) is 0. The van der Waals surface area contributed by atoms with Gasteiger partial charge in [-0.1, -0.05) is 42.5 Å². The van der Waals surface area contributed by atoms with Crippen LogP contribution in [0, 0.1) is 13.8 Å². The number of hydrogen-bond donors (Lipinski definition) is 1. The standard InChI is InChI=1S/C18H20O/c1-4-7-17(19)15-10-6-11-16(12-15)18-13(2)8-5-9-14(18)3/h4-6,8-12,17,19H,1,7H2,2-3H3/t17-/m1/s1. The summed E-state index contributed by atoms with van der Waals surface area (Å²) >= 11 is 0. The van der Waals surface area contributed by atoms with Crippen molar-refractivity contribution in [2.45, 2.75) is 26.4 Å². The molecular weight excluding hydrogens is 232 g/mol. The van der Waals surface area contributed by atoms with Crippen LogP contribution in [0.3, 0.4) is 0 Å². The Morgan fingerprint density at radius 1 is 1.11 bits per heavy atom. The second-order valence-corrected chi connectivity index (χ2v) is 4.93. The third-order valence-electron chi connectivity index (χ3n) is 3.43. The average molecular weight is 252 g/mol. The molecule has 0 aliphatic heterocycles. The summed E-state index contributed by atoms with van der Waals surface area (Å²) in [6.45, 7) is 7.92. The predicted octanol–water partition coefficient (Wildman–Crippen LogP) is 4.58. The van der Waals surface area contributed by atoms with Crippen LogP contribution >= 0.6 is 0 Å². The number of rotatable bonds is 4. The van der Waals surface area contributed by atoms with Crippen molar-refractivity contribution in [1.82, 2.24) is 0 Å². The van der Waals surface area contributed by atoms with E-state index in [0.717, 1.165) is 11.1 Å². The average Bonchev–Trinajstić information content (AvgIpc) is 2.39. The zero-order valence-electron chi connectivity index (χ0n) is 11.6. The Morgan fingerprint density at radius 2 is 1.74 bits per heavy atom. The highest BCUT2D eigenvalue weighted by atomic mass is 16.3. The molecule has 0 aliphatic rings. The highest BCUT2D eigenvalue weighted by Crippen LogP contribution is 2.29. The summed E-state index contributed by atoms with van der Waals surface area (Å²) in [4.78, 5) is 0. The zero-order valence-corrected chi connectivity index (χ0v) is 11.6. The van der Waals surface area contributed by atoms with Crippen molar-refractivity contribution in [2.24, 2.45) is 0 Å². The van der Waals surface area contributed by atoms with E-state index in [9.17, 15) is 5.11 Å². The van der Waals surface area contributed by atoms with Crippen LogP contribution in [-0.2, 0) is 0 Å². The van der Waals surface area contributed by atoms with E-state index in [1.165, 1.54) is 16.7 Å². The van der Waals surface area contributed by atoms with E-state index in [1.54, 1.807) is 6.08 Å². The molecule has 0 bridgehead atoms. The predicted molar refractivity (Wildman–Crippen MR) is 81.1 cm³/mol. The van der Waals surface area contributed by atoms with Gasteiger partial charge in [0.1, 0.15) is 0 Å². The molecule has 0 aromatic heterocycles. The fraction of sp³-hybridized carbons (Fsp3) is 0.222. The van der Waals surface area contributed by atoms with Crippen molar-refractivity contribution in [2.75, 3.05) is 0 Å². The van der Waals surface area contributed by atoms with E-state index in [1.807, 2.05) is 12.1 Å². The van der Waals surface area contributed by atoms with Gasteiger partial charge in [-0.2, -0.15) is 0 Å². The third kappa shape index (κ3) is 2.94. The minimum Gasteiger partial charge on any atom is -0.388 e. The maximum absolute atomic E-state index is 10.1. The lowest BCUT2D eigenvalue weighted by atomic mass is 9.93. The molecule has 1 heteroatoms. The molecule has 0 fully saturated rings. The molecule has 98 valence electrons. The fourth-order valence-electron chi connectivity index (χ4n) is 2.47. The smallest absolute Gasteiger partial charge is 0.0824 e. The summed E-state index contributed by atoms with van der Waals surface area (Å²) < 4.78 is 0. The topological polar surface area (TPSA) is 20.2 Å². The van der Waals surface area contributed by atoms with E-state index in [-0.39, 0.29) is 0 Å². The molecule has 0 spiro atoms. The molecule has 2 aromatic rings. The Labute approximate surface area is 115 Å². The first kappa shape index (κ1) is 13.6. The SMILES string of the molecule is C=CC[C@@H](O)c1cccc(-c2c(C)cccc2C)c1. The second-order valence-electron chi connectivity index (χ2n) is 4.93. The highest BCUT2D eigenvalue weighted by molar-refractivity contribution is 5.71. The largest absolute Gasteiger partial charge is 0.388 e. The summed E-state index contributed by atoms with van der Waals surface area (Å²) in [5, 5.41) is 10.1. The van der Waals surface area contributed by atoms with E-state index >= 15 is 0 Å². The second kappa shape index (κ2) is 5.85. The van der Waals surface area contributed by atoms with Crippen molar-refractivity contribution < 1.29 is 5.11 Å². The van der Waals surface area contributed by atoms with Gasteiger partial charge in [-0.05, 0) is 54.2 Å². The monoisotopic (exact) mass is 252 g/mol. The maximum Gasteiger partial charge on any atom is 0.0824 e. The minimum atomic E-state index is -0.471. The summed E-state index contributed by atoms with van der Waals surface area (Å²) in [6, 6.07) is 14.5. The molecule has 0 unspecified atom stereocenters. The Balaban J connectivity index is 2.46. The molecule has 0 heterocycles. The first-order valence-electron chi connectivity index (χ1n) is 6.59. The van der Waals surface area contributed by atoms with E-state index in [2.05, 4.69) is 50.8 Å². The van der Waals surface area contributed by atoms with Crippen LogP contribution < -0.4 is 0 Å². The number of aliphatic hydroxyl groups excluding tert-OH is 1. The van der Waals surface area contributed by atoms with Crippen molar-refractivity contribution >= 4 is 0 Å². The van der Waals surface area contributed by atoms with Gasteiger partial charge in [-0.15, -0.1) is 6.58 Å². The minimum absolute atomic E-state index is 0.471. The molecule has 2 rings (SSSR count). The van der Waals surface area contributed by atoms with Crippen molar-refractivity contribution in [3.05, 3.63) is 71.8 Å². The molecule has 0 saturated carbocycles. The number of aryl methyl sites for hydroxylation is 2. The van der Waals surface area contributed by atoms with Gasteiger partial charge in [0.2, 0.25) is 0 Å². The van der Waals surface area contributed by atoms with E-state index < -0.39 is 6.10 Å². The fourth-order valence-corrected chi connectivity index (χ4v) is 2.47. The molecule has 1 nitrogen and oxygen atoms in total. The van der Waals surface area contributed by atoms with Crippen LogP contribution in [0.1, 0.15) is 29.2 Å². The lowest BCUT2D eigenvalue weighted by molar-refractivity contribution is 0.181. The summed E-state index contributed by atoms with van der Waals surface area (Å²) in [6.07, 6.45) is 1.86. The van der Waals surface area contributed by atoms with Gasteiger partial charge in [0.15, 0.2) is 0 Å². The van der Waals surface area contributed by atoms with Gasteiger partial charge >= 0.3 is 0 Å². The van der Waals surface area contributed by atoms with E-state index in [4.69, 9.17) is 0 Å². The Hall–Kier alpha value is -1.86. The van der Waals surface area contributed by atoms with Crippen LogP contribution in [0.4, 0.5) is 0 Å². The molecular formula is C18H20O. The molecule has 0 amide bonds. The van der Waals surface area contributed by atoms with Crippen LogP contribution in [0.15, 0.2) is 55.1 Å². The lowest BCUT2D eigenvalue weighted by Crippen LogP contribution is -1.96. The van der Waals surface area contributed by atoms with Crippen molar-refractivity contribution in [1.29, 1.82) is 0 Å². The molecule has 2 aromatic carbocycles. The number of hydrogen-bond acceptors (Lipinski definition) is 1. The van der Waals surface area contributed by atoms with Gasteiger partial charge in [-0.25, -0.2) is 0 Å². The Morgan fingerprint density at radius 3 is 2.37 bits per heavy atom. The van der Waals surface area contributed by atoms with Crippen LogP contribution in [0.2, 0.25) is 0 Å². The van der Waals surface area contributed by atoms with Gasteiger partial charge in [0, 0.05) is 0 Å². The lowest BCUT2D eigenvalue weighted by Gasteiger charge is -2.13.